The molecule has 0 radical (unpaired) electrons. The van der Waals surface area contributed by atoms with Gasteiger partial charge in [-0.05, 0) is 25.3 Å². The highest BCUT2D eigenvalue weighted by molar-refractivity contribution is 7.18. The third-order valence-corrected chi connectivity index (χ3v) is 5.60. The molecule has 1 aliphatic rings. The van der Waals surface area contributed by atoms with E-state index in [4.69, 9.17) is 0 Å². The first-order chi connectivity index (χ1) is 12.2. The number of nitrogens with zero attached hydrogens (tertiary/aromatic N) is 3. The van der Waals surface area contributed by atoms with Crippen LogP contribution in [0.15, 0.2) is 12.4 Å². The Balaban J connectivity index is 1.77. The lowest BCUT2D eigenvalue weighted by molar-refractivity contribution is -0.134. The van der Waals surface area contributed by atoms with Crippen LogP contribution in [0.4, 0.5) is 19.0 Å². The number of alkyl halides is 3. The highest BCUT2D eigenvalue weighted by atomic mass is 32.1. The van der Waals surface area contributed by atoms with Crippen molar-refractivity contribution in [1.82, 2.24) is 14.9 Å². The Kier molecular flexibility index (Phi) is 5.36. The zero-order chi connectivity index (χ0) is 18.9. The maximum absolute atomic E-state index is 12.6. The number of hydrogen-bond donors (Lipinski definition) is 1. The molecule has 0 aromatic carbocycles. The van der Waals surface area contributed by atoms with Crippen LogP contribution in [0.5, 0.6) is 0 Å². The lowest BCUT2D eigenvalue weighted by Gasteiger charge is -2.30. The van der Waals surface area contributed by atoms with E-state index in [-0.39, 0.29) is 22.7 Å². The van der Waals surface area contributed by atoms with Crippen molar-refractivity contribution in [2.45, 2.75) is 44.3 Å². The molecule has 2 unspecified atom stereocenters. The number of carbonyl (C=O) groups excluding carboxylic acids is 1. The Labute approximate surface area is 153 Å². The van der Waals surface area contributed by atoms with Crippen LogP contribution in [-0.4, -0.2) is 47.1 Å². The zero-order valence-electron chi connectivity index (χ0n) is 14.6. The number of anilines is 1. The van der Waals surface area contributed by atoms with Crippen molar-refractivity contribution in [3.05, 3.63) is 17.3 Å². The van der Waals surface area contributed by atoms with Crippen LogP contribution >= 0.6 is 11.3 Å². The molecule has 9 heteroatoms. The predicted molar refractivity (Wildman–Crippen MR) is 95.2 cm³/mol. The van der Waals surface area contributed by atoms with E-state index in [2.05, 4.69) is 15.3 Å². The van der Waals surface area contributed by atoms with Gasteiger partial charge in [0, 0.05) is 30.9 Å². The van der Waals surface area contributed by atoms with E-state index in [0.29, 0.717) is 22.5 Å². The van der Waals surface area contributed by atoms with Crippen LogP contribution in [0.3, 0.4) is 0 Å². The number of amides is 1. The standard InChI is InChI=1S/C17H21F3N4OS/c1-24(2)16(25)10-4-3-5-11(6-10)23-14-13-7-12(8-17(18,19)20)26-15(13)22-9-21-14/h7,9-11H,3-6,8H2,1-2H3,(H,21,22,23). The molecule has 2 atom stereocenters. The second kappa shape index (κ2) is 7.38. The van der Waals surface area contributed by atoms with E-state index >= 15 is 0 Å². The molecular formula is C17H21F3N4OS. The van der Waals surface area contributed by atoms with Gasteiger partial charge >= 0.3 is 6.18 Å². The number of thiophene rings is 1. The van der Waals surface area contributed by atoms with Gasteiger partial charge in [0.15, 0.2) is 0 Å². The largest absolute Gasteiger partial charge is 0.393 e. The molecule has 1 saturated carbocycles. The van der Waals surface area contributed by atoms with Crippen LogP contribution in [0.1, 0.15) is 30.6 Å². The number of carbonyl (C=O) groups is 1. The van der Waals surface area contributed by atoms with Gasteiger partial charge in [0.1, 0.15) is 17.0 Å². The lowest BCUT2D eigenvalue weighted by Crippen LogP contribution is -2.36. The molecule has 1 fully saturated rings. The molecule has 0 saturated heterocycles. The number of halogens is 3. The molecule has 2 heterocycles. The predicted octanol–water partition coefficient (Wildman–Crippen LogP) is 3.86. The summed E-state index contributed by atoms with van der Waals surface area (Å²) < 4.78 is 37.9. The van der Waals surface area contributed by atoms with E-state index in [0.717, 1.165) is 30.6 Å². The summed E-state index contributed by atoms with van der Waals surface area (Å²) in [6.07, 6.45) is -0.447. The summed E-state index contributed by atoms with van der Waals surface area (Å²) in [7, 11) is 3.50. The van der Waals surface area contributed by atoms with E-state index in [9.17, 15) is 18.0 Å². The fourth-order valence-corrected chi connectivity index (χ4v) is 4.44. The summed E-state index contributed by atoms with van der Waals surface area (Å²) in [5, 5.41) is 3.94. The highest BCUT2D eigenvalue weighted by Gasteiger charge is 2.30. The first-order valence-electron chi connectivity index (χ1n) is 8.51. The molecule has 3 rings (SSSR count). The fraction of sp³-hybridized carbons (Fsp3) is 0.588. The van der Waals surface area contributed by atoms with Gasteiger partial charge in [-0.2, -0.15) is 13.2 Å². The number of nitrogens with one attached hydrogen (secondary N) is 1. The molecule has 1 aliphatic carbocycles. The van der Waals surface area contributed by atoms with Crippen molar-refractivity contribution < 1.29 is 18.0 Å². The zero-order valence-corrected chi connectivity index (χ0v) is 15.5. The van der Waals surface area contributed by atoms with Crippen molar-refractivity contribution in [3.8, 4) is 0 Å². The summed E-state index contributed by atoms with van der Waals surface area (Å²) in [5.41, 5.74) is 0. The quantitative estimate of drug-likeness (QED) is 0.867. The number of rotatable bonds is 4. The van der Waals surface area contributed by atoms with Gasteiger partial charge in [-0.1, -0.05) is 6.42 Å². The smallest absolute Gasteiger partial charge is 0.367 e. The number of fused-ring (bicyclic) bond motifs is 1. The topological polar surface area (TPSA) is 58.1 Å². The SMILES string of the molecule is CN(C)C(=O)C1CCCC(Nc2ncnc3sc(CC(F)(F)F)cc23)C1. The van der Waals surface area contributed by atoms with E-state index in [1.165, 1.54) is 12.4 Å². The Morgan fingerprint density at radius 2 is 2.12 bits per heavy atom. The first-order valence-corrected chi connectivity index (χ1v) is 9.32. The Hall–Kier alpha value is -1.90. The summed E-state index contributed by atoms with van der Waals surface area (Å²) in [4.78, 5) is 22.9. The minimum atomic E-state index is -4.25. The Morgan fingerprint density at radius 1 is 1.35 bits per heavy atom. The molecule has 142 valence electrons. The second-order valence-electron chi connectivity index (χ2n) is 6.88. The van der Waals surface area contributed by atoms with Gasteiger partial charge in [0.2, 0.25) is 5.91 Å². The minimum Gasteiger partial charge on any atom is -0.367 e. The monoisotopic (exact) mass is 386 g/mol. The summed E-state index contributed by atoms with van der Waals surface area (Å²) >= 11 is 1.04. The molecule has 26 heavy (non-hydrogen) atoms. The van der Waals surface area contributed by atoms with Gasteiger partial charge in [0.25, 0.3) is 0 Å². The summed E-state index contributed by atoms with van der Waals surface area (Å²) in [5.74, 6) is 0.631. The number of hydrogen-bond acceptors (Lipinski definition) is 5. The van der Waals surface area contributed by atoms with Gasteiger partial charge in [-0.25, -0.2) is 9.97 Å². The Bertz CT molecular complexity index is 790. The maximum Gasteiger partial charge on any atom is 0.393 e. The second-order valence-corrected chi connectivity index (χ2v) is 8.00. The minimum absolute atomic E-state index is 0.0307. The maximum atomic E-state index is 12.6. The van der Waals surface area contributed by atoms with Gasteiger partial charge in [-0.15, -0.1) is 11.3 Å². The van der Waals surface area contributed by atoms with E-state index in [1.54, 1.807) is 19.0 Å². The molecular weight excluding hydrogens is 365 g/mol. The molecule has 2 aromatic rings. The third-order valence-electron chi connectivity index (χ3n) is 4.56. The molecule has 0 bridgehead atoms. The van der Waals surface area contributed by atoms with E-state index < -0.39 is 12.6 Å². The molecule has 0 spiro atoms. The van der Waals surface area contributed by atoms with E-state index in [1.807, 2.05) is 0 Å². The number of aromatic nitrogens is 2. The summed E-state index contributed by atoms with van der Waals surface area (Å²) in [6.45, 7) is 0. The average Bonchev–Trinajstić information content (AvgIpc) is 2.95. The first kappa shape index (κ1) is 18.9. The molecule has 1 N–H and O–H groups in total. The van der Waals surface area contributed by atoms with Crippen molar-refractivity contribution in [2.75, 3.05) is 19.4 Å². The molecule has 1 amide bonds. The molecule has 2 aromatic heterocycles. The van der Waals surface area contributed by atoms with Crippen LogP contribution < -0.4 is 5.32 Å². The van der Waals surface area contributed by atoms with Crippen molar-refractivity contribution in [2.24, 2.45) is 5.92 Å². The third kappa shape index (κ3) is 4.44. The average molecular weight is 386 g/mol. The normalized spacial score (nSPS) is 21.0. The van der Waals surface area contributed by atoms with Crippen LogP contribution in [0, 0.1) is 5.92 Å². The van der Waals surface area contributed by atoms with Crippen LogP contribution in [-0.2, 0) is 11.2 Å². The van der Waals surface area contributed by atoms with Crippen LogP contribution in [0.25, 0.3) is 10.2 Å². The van der Waals surface area contributed by atoms with Crippen molar-refractivity contribution in [1.29, 1.82) is 0 Å². The molecule has 0 aliphatic heterocycles. The molecule has 5 nitrogen and oxygen atoms in total. The van der Waals surface area contributed by atoms with Crippen LogP contribution in [0.2, 0.25) is 0 Å². The van der Waals surface area contributed by atoms with Gasteiger partial charge in [-0.3, -0.25) is 4.79 Å². The fourth-order valence-electron chi connectivity index (χ4n) is 3.41. The van der Waals surface area contributed by atoms with Crippen molar-refractivity contribution >= 4 is 33.3 Å². The van der Waals surface area contributed by atoms with Gasteiger partial charge < -0.3 is 10.2 Å². The van der Waals surface area contributed by atoms with Gasteiger partial charge in [0.05, 0.1) is 11.8 Å². The highest BCUT2D eigenvalue weighted by Crippen LogP contribution is 2.34. The Morgan fingerprint density at radius 3 is 2.81 bits per heavy atom. The summed E-state index contributed by atoms with van der Waals surface area (Å²) in [6, 6.07) is 1.59. The van der Waals surface area contributed by atoms with Crippen molar-refractivity contribution in [3.63, 3.8) is 0 Å². The lowest BCUT2D eigenvalue weighted by atomic mass is 9.85.